The number of nitrogens with two attached hydrogens (primary N) is 1. The highest BCUT2D eigenvalue weighted by molar-refractivity contribution is 9.11. The van der Waals surface area contributed by atoms with Crippen molar-refractivity contribution in [3.63, 3.8) is 0 Å². The summed E-state index contributed by atoms with van der Waals surface area (Å²) < 4.78 is 7.39. The molecular formula is C14H14Br2N2O. The normalized spacial score (nSPS) is 12.2. The Morgan fingerprint density at radius 3 is 2.47 bits per heavy atom. The lowest BCUT2D eigenvalue weighted by Crippen LogP contribution is -2.29. The van der Waals surface area contributed by atoms with Gasteiger partial charge in [0.1, 0.15) is 5.75 Å². The van der Waals surface area contributed by atoms with Gasteiger partial charge in [0.25, 0.3) is 0 Å². The topological polar surface area (TPSA) is 47.3 Å². The molecule has 100 valence electrons. The number of hydrogen-bond donors (Lipinski definition) is 2. The summed E-state index contributed by atoms with van der Waals surface area (Å²) in [4.78, 5) is 0. The first-order chi connectivity index (χ1) is 9.17. The molecule has 3 N–H and O–H groups in total. The highest BCUT2D eigenvalue weighted by Crippen LogP contribution is 2.34. The Bertz CT molecular complexity index is 575. The Balaban J connectivity index is 2.50. The molecule has 2 aromatic rings. The molecule has 0 bridgehead atoms. The first-order valence-corrected chi connectivity index (χ1v) is 7.30. The molecule has 5 heteroatoms. The minimum absolute atomic E-state index is 0.140. The Hall–Kier alpha value is -0.880. The van der Waals surface area contributed by atoms with Crippen molar-refractivity contribution in [1.82, 2.24) is 5.43 Å². The first-order valence-electron chi connectivity index (χ1n) is 5.71. The summed E-state index contributed by atoms with van der Waals surface area (Å²) in [5, 5.41) is 0. The van der Waals surface area contributed by atoms with Crippen LogP contribution in [0.4, 0.5) is 0 Å². The van der Waals surface area contributed by atoms with E-state index in [1.54, 1.807) is 7.11 Å². The van der Waals surface area contributed by atoms with Gasteiger partial charge < -0.3 is 4.74 Å². The largest absolute Gasteiger partial charge is 0.496 e. The zero-order valence-corrected chi connectivity index (χ0v) is 13.5. The van der Waals surface area contributed by atoms with Crippen molar-refractivity contribution in [2.75, 3.05) is 7.11 Å². The van der Waals surface area contributed by atoms with Crippen LogP contribution in [0, 0.1) is 0 Å². The number of halogens is 2. The number of hydrazine groups is 1. The summed E-state index contributed by atoms with van der Waals surface area (Å²) in [7, 11) is 1.66. The van der Waals surface area contributed by atoms with Crippen molar-refractivity contribution in [2.24, 2.45) is 5.84 Å². The molecule has 0 saturated heterocycles. The number of ether oxygens (including phenoxy) is 1. The summed E-state index contributed by atoms with van der Waals surface area (Å²) in [5.74, 6) is 6.54. The van der Waals surface area contributed by atoms with E-state index in [1.807, 2.05) is 42.5 Å². The van der Waals surface area contributed by atoms with Crippen LogP contribution in [-0.2, 0) is 0 Å². The number of hydrogen-bond acceptors (Lipinski definition) is 3. The number of benzene rings is 2. The van der Waals surface area contributed by atoms with E-state index in [9.17, 15) is 0 Å². The molecule has 0 fully saturated rings. The third kappa shape index (κ3) is 3.17. The predicted octanol–water partition coefficient (Wildman–Crippen LogP) is 3.77. The summed E-state index contributed by atoms with van der Waals surface area (Å²) in [5.41, 5.74) is 4.89. The lowest BCUT2D eigenvalue weighted by atomic mass is 9.98. The fourth-order valence-corrected chi connectivity index (χ4v) is 3.26. The maximum atomic E-state index is 5.73. The summed E-state index contributed by atoms with van der Waals surface area (Å²) in [6.07, 6.45) is 0. The zero-order valence-electron chi connectivity index (χ0n) is 10.4. The lowest BCUT2D eigenvalue weighted by Gasteiger charge is -2.20. The van der Waals surface area contributed by atoms with E-state index < -0.39 is 0 Å². The van der Waals surface area contributed by atoms with Gasteiger partial charge >= 0.3 is 0 Å². The number of methoxy groups -OCH3 is 1. The van der Waals surface area contributed by atoms with Gasteiger partial charge in [-0.25, -0.2) is 5.43 Å². The van der Waals surface area contributed by atoms with Crippen LogP contribution < -0.4 is 16.0 Å². The lowest BCUT2D eigenvalue weighted by molar-refractivity contribution is 0.404. The first kappa shape index (κ1) is 14.5. The highest BCUT2D eigenvalue weighted by atomic mass is 79.9. The molecule has 0 aliphatic rings. The molecule has 3 nitrogen and oxygen atoms in total. The van der Waals surface area contributed by atoms with Gasteiger partial charge in [0, 0.05) is 14.5 Å². The summed E-state index contributed by atoms with van der Waals surface area (Å²) in [6.45, 7) is 0. The van der Waals surface area contributed by atoms with Crippen molar-refractivity contribution in [2.45, 2.75) is 6.04 Å². The molecule has 1 unspecified atom stereocenters. The molecule has 0 heterocycles. The number of nitrogens with one attached hydrogen (secondary N) is 1. The molecule has 2 aromatic carbocycles. The maximum absolute atomic E-state index is 5.73. The van der Waals surface area contributed by atoms with E-state index in [1.165, 1.54) is 0 Å². The molecule has 0 aliphatic heterocycles. The molecule has 2 rings (SSSR count). The fraction of sp³-hybridized carbons (Fsp3) is 0.143. The third-order valence-corrected chi connectivity index (χ3v) is 4.07. The number of rotatable bonds is 4. The van der Waals surface area contributed by atoms with Crippen LogP contribution in [-0.4, -0.2) is 7.11 Å². The average molecular weight is 386 g/mol. The van der Waals surface area contributed by atoms with E-state index in [0.29, 0.717) is 0 Å². The van der Waals surface area contributed by atoms with Gasteiger partial charge in [-0.15, -0.1) is 0 Å². The van der Waals surface area contributed by atoms with Gasteiger partial charge in [0.05, 0.1) is 13.2 Å². The Morgan fingerprint density at radius 2 is 1.84 bits per heavy atom. The molecule has 0 saturated carbocycles. The van der Waals surface area contributed by atoms with Crippen molar-refractivity contribution in [1.29, 1.82) is 0 Å². The zero-order chi connectivity index (χ0) is 13.8. The van der Waals surface area contributed by atoms with Gasteiger partial charge in [-0.2, -0.15) is 0 Å². The van der Waals surface area contributed by atoms with Crippen molar-refractivity contribution >= 4 is 31.9 Å². The number of para-hydroxylation sites is 1. The summed E-state index contributed by atoms with van der Waals surface area (Å²) >= 11 is 7.01. The Labute approximate surface area is 129 Å². The standard InChI is InChI=1S/C14H14Br2N2O/c1-19-13-5-3-2-4-11(13)14(18-17)10-7-6-9(15)8-12(10)16/h2-8,14,18H,17H2,1H3. The molecule has 0 aliphatic carbocycles. The van der Waals surface area contributed by atoms with Crippen molar-refractivity contribution < 1.29 is 4.74 Å². The van der Waals surface area contributed by atoms with Crippen molar-refractivity contribution in [3.05, 3.63) is 62.5 Å². The van der Waals surface area contributed by atoms with Crippen LogP contribution in [0.2, 0.25) is 0 Å². The van der Waals surface area contributed by atoms with E-state index in [4.69, 9.17) is 10.6 Å². The monoisotopic (exact) mass is 384 g/mol. The van der Waals surface area contributed by atoms with Crippen molar-refractivity contribution in [3.8, 4) is 5.75 Å². The minimum Gasteiger partial charge on any atom is -0.496 e. The van der Waals surface area contributed by atoms with E-state index in [2.05, 4.69) is 37.3 Å². The van der Waals surface area contributed by atoms with Gasteiger partial charge in [-0.1, -0.05) is 56.1 Å². The van der Waals surface area contributed by atoms with Crippen LogP contribution in [0.15, 0.2) is 51.4 Å². The SMILES string of the molecule is COc1ccccc1C(NN)c1ccc(Br)cc1Br. The Kier molecular flexibility index (Phi) is 4.99. The molecule has 0 radical (unpaired) electrons. The van der Waals surface area contributed by atoms with Crippen LogP contribution in [0.1, 0.15) is 17.2 Å². The van der Waals surface area contributed by atoms with Gasteiger partial charge in [0.2, 0.25) is 0 Å². The molecule has 0 amide bonds. The van der Waals surface area contributed by atoms with Crippen LogP contribution in [0.5, 0.6) is 5.75 Å². The quantitative estimate of drug-likeness (QED) is 0.622. The second-order valence-corrected chi connectivity index (χ2v) is 5.78. The van der Waals surface area contributed by atoms with Gasteiger partial charge in [-0.3, -0.25) is 5.84 Å². The van der Waals surface area contributed by atoms with Gasteiger partial charge in [-0.05, 0) is 23.8 Å². The van der Waals surface area contributed by atoms with Gasteiger partial charge in [0.15, 0.2) is 0 Å². The minimum atomic E-state index is -0.140. The second kappa shape index (κ2) is 6.52. The van der Waals surface area contributed by atoms with Crippen LogP contribution in [0.3, 0.4) is 0 Å². The second-order valence-electron chi connectivity index (χ2n) is 4.01. The smallest absolute Gasteiger partial charge is 0.124 e. The molecule has 19 heavy (non-hydrogen) atoms. The van der Waals surface area contributed by atoms with Crippen LogP contribution >= 0.6 is 31.9 Å². The molecule has 1 atom stereocenters. The average Bonchev–Trinajstić information content (AvgIpc) is 2.42. The van der Waals surface area contributed by atoms with Crippen LogP contribution in [0.25, 0.3) is 0 Å². The van der Waals surface area contributed by atoms with E-state index in [-0.39, 0.29) is 6.04 Å². The third-order valence-electron chi connectivity index (χ3n) is 2.89. The Morgan fingerprint density at radius 1 is 1.11 bits per heavy atom. The molecular weight excluding hydrogens is 372 g/mol. The predicted molar refractivity (Wildman–Crippen MR) is 84.0 cm³/mol. The summed E-state index contributed by atoms with van der Waals surface area (Å²) in [6, 6.07) is 13.7. The van der Waals surface area contributed by atoms with E-state index >= 15 is 0 Å². The van der Waals surface area contributed by atoms with E-state index in [0.717, 1.165) is 25.8 Å². The fourth-order valence-electron chi connectivity index (χ4n) is 1.99. The molecule has 0 spiro atoms. The maximum Gasteiger partial charge on any atom is 0.124 e. The molecule has 0 aromatic heterocycles. The highest BCUT2D eigenvalue weighted by Gasteiger charge is 2.18.